The van der Waals surface area contributed by atoms with Gasteiger partial charge in [0.25, 0.3) is 0 Å². The van der Waals surface area contributed by atoms with Crippen LogP contribution in [0.25, 0.3) is 0 Å². The lowest BCUT2D eigenvalue weighted by atomic mass is 10.1. The number of hydrogen-bond acceptors (Lipinski definition) is 7. The number of hydrogen-bond donors (Lipinski definition) is 7. The zero-order valence-electron chi connectivity index (χ0n) is 9.30. The summed E-state index contributed by atoms with van der Waals surface area (Å²) in [6.45, 7) is -0.883. The lowest BCUT2D eigenvalue weighted by Gasteiger charge is -2.26. The van der Waals surface area contributed by atoms with Crippen molar-refractivity contribution in [3.8, 4) is 0 Å². The molecule has 13 heteroatoms. The van der Waals surface area contributed by atoms with Crippen LogP contribution in [-0.4, -0.2) is 71.8 Å². The molecule has 0 bridgehead atoms. The second kappa shape index (κ2) is 5.47. The van der Waals surface area contributed by atoms with Crippen LogP contribution in [-0.2, 0) is 18.4 Å². The van der Waals surface area contributed by atoms with Crippen molar-refractivity contribution >= 4 is 15.4 Å². The van der Waals surface area contributed by atoms with E-state index in [9.17, 15) is 24.4 Å². The van der Waals surface area contributed by atoms with Crippen molar-refractivity contribution in [1.82, 2.24) is 0 Å². The summed E-state index contributed by atoms with van der Waals surface area (Å²) in [5.74, 6) is -2.73. The van der Waals surface area contributed by atoms with Crippen molar-refractivity contribution in [3.63, 3.8) is 0 Å². The van der Waals surface area contributed by atoms with Crippen molar-refractivity contribution in [2.75, 3.05) is 12.8 Å². The lowest BCUT2D eigenvalue weighted by molar-refractivity contribution is -0.215. The molecular weight excluding hydrogens is 310 g/mol. The minimum Gasteiger partial charge on any atom is -0.387 e. The van der Waals surface area contributed by atoms with Crippen LogP contribution in [0, 0.1) is 0 Å². The van der Waals surface area contributed by atoms with Gasteiger partial charge in [0.15, 0.2) is 0 Å². The van der Waals surface area contributed by atoms with Gasteiger partial charge in [0.2, 0.25) is 5.79 Å². The highest BCUT2D eigenvalue weighted by atomic mass is 31.2. The minimum atomic E-state index is -4.86. The summed E-state index contributed by atoms with van der Waals surface area (Å²) in [7, 11) is -9.62. The molecule has 1 heterocycles. The minimum absolute atomic E-state index is 0.883. The predicted octanol–water partition coefficient (Wildman–Crippen LogP) is -2.92. The number of phosphoric acid groups is 1. The molecule has 19 heavy (non-hydrogen) atoms. The van der Waals surface area contributed by atoms with Gasteiger partial charge in [-0.05, 0) is 0 Å². The third-order valence-electron chi connectivity index (χ3n) is 2.36. The van der Waals surface area contributed by atoms with E-state index in [1.807, 2.05) is 0 Å². The maximum absolute atomic E-state index is 10.8. The van der Waals surface area contributed by atoms with Gasteiger partial charge < -0.3 is 39.6 Å². The largest absolute Gasteiger partial charge is 0.469 e. The molecule has 0 radical (unpaired) electrons. The van der Waals surface area contributed by atoms with Crippen LogP contribution in [0.15, 0.2) is 0 Å². The van der Waals surface area contributed by atoms with Crippen molar-refractivity contribution in [2.45, 2.75) is 24.1 Å². The van der Waals surface area contributed by atoms with E-state index in [1.54, 1.807) is 0 Å². The monoisotopic (exact) mass is 324 g/mol. The molecule has 11 nitrogen and oxygen atoms in total. The first kappa shape index (κ1) is 17.2. The fourth-order valence-corrected chi connectivity index (χ4v) is 2.79. The molecule has 7 N–H and O–H groups in total. The molecule has 1 aliphatic rings. The molecule has 0 aromatic rings. The van der Waals surface area contributed by atoms with Gasteiger partial charge >= 0.3 is 15.4 Å². The van der Waals surface area contributed by atoms with E-state index in [1.165, 1.54) is 0 Å². The molecule has 0 saturated carbocycles. The number of phosphoric ester groups is 1. The molecule has 1 aliphatic heterocycles. The van der Waals surface area contributed by atoms with Crippen LogP contribution in [0.4, 0.5) is 0 Å². The average molecular weight is 324 g/mol. The van der Waals surface area contributed by atoms with Gasteiger partial charge in [-0.15, -0.1) is 0 Å². The first-order chi connectivity index (χ1) is 8.34. The molecule has 114 valence electrons. The van der Waals surface area contributed by atoms with Gasteiger partial charge in [-0.3, -0.25) is 9.09 Å². The zero-order valence-corrected chi connectivity index (χ0v) is 11.1. The van der Waals surface area contributed by atoms with Crippen LogP contribution in [0.1, 0.15) is 0 Å². The normalized spacial score (nSPS) is 36.7. The van der Waals surface area contributed by atoms with Crippen LogP contribution in [0.3, 0.4) is 0 Å². The number of rotatable bonds is 5. The van der Waals surface area contributed by atoms with Gasteiger partial charge in [-0.2, -0.15) is 0 Å². The average Bonchev–Trinajstić information content (AvgIpc) is 2.36. The van der Waals surface area contributed by atoms with Crippen molar-refractivity contribution < 1.29 is 53.3 Å². The maximum atomic E-state index is 10.8. The molecule has 1 saturated heterocycles. The summed E-state index contributed by atoms with van der Waals surface area (Å²) in [4.78, 5) is 34.3. The van der Waals surface area contributed by atoms with Crippen LogP contribution >= 0.6 is 15.4 Å². The van der Waals surface area contributed by atoms with Crippen molar-refractivity contribution in [3.05, 3.63) is 0 Å². The quantitative estimate of drug-likeness (QED) is 0.256. The molecule has 1 fully saturated rings. The number of aliphatic hydroxyl groups is 3. The second-order valence-corrected chi connectivity index (χ2v) is 6.93. The number of ether oxygens (including phenoxy) is 1. The Morgan fingerprint density at radius 1 is 1.16 bits per heavy atom. The summed E-state index contributed by atoms with van der Waals surface area (Å²) >= 11 is 0. The second-order valence-electron chi connectivity index (χ2n) is 4.05. The molecule has 0 aromatic carbocycles. The Hall–Kier alpha value is 0.1000. The lowest BCUT2D eigenvalue weighted by Crippen LogP contribution is -2.46. The molecule has 4 atom stereocenters. The molecule has 0 amide bonds. The summed E-state index contributed by atoms with van der Waals surface area (Å²) in [6.07, 6.45) is -6.74. The molecule has 0 aromatic heterocycles. The Balaban J connectivity index is 2.75. The molecular formula is C6H14O11P2. The Labute approximate surface area is 106 Å². The molecule has 0 spiro atoms. The van der Waals surface area contributed by atoms with Gasteiger partial charge in [-0.1, -0.05) is 0 Å². The van der Waals surface area contributed by atoms with Gasteiger partial charge in [0, 0.05) is 0 Å². The highest BCUT2D eigenvalue weighted by Gasteiger charge is 2.56. The Morgan fingerprint density at radius 3 is 2.11 bits per heavy atom. The van der Waals surface area contributed by atoms with E-state index >= 15 is 0 Å². The number of aliphatic hydroxyl groups excluding tert-OH is 2. The van der Waals surface area contributed by atoms with Gasteiger partial charge in [-0.25, -0.2) is 4.57 Å². The topological polar surface area (TPSA) is 194 Å². The molecule has 1 rings (SSSR count). The van der Waals surface area contributed by atoms with E-state index in [-0.39, 0.29) is 0 Å². The fraction of sp³-hybridized carbons (Fsp3) is 1.00. The van der Waals surface area contributed by atoms with E-state index < -0.39 is 52.3 Å². The van der Waals surface area contributed by atoms with Crippen LogP contribution in [0.2, 0.25) is 0 Å². The van der Waals surface area contributed by atoms with E-state index in [2.05, 4.69) is 9.26 Å². The molecule has 0 unspecified atom stereocenters. The predicted molar refractivity (Wildman–Crippen MR) is 56.7 cm³/mol. The summed E-state index contributed by atoms with van der Waals surface area (Å²) < 4.78 is 29.9. The standard InChI is InChI=1S/C6H14O11P2/c7-4-3(1-16-19(13,14)15)17-6(9,5(4)8)2-18(10,11)12/h3-5,7-9H,1-2H2,(H2,10,11,12)(H2,13,14,15)/t3-,4-,5+,6+/m1/s1. The first-order valence-electron chi connectivity index (χ1n) is 4.85. The van der Waals surface area contributed by atoms with Gasteiger partial charge in [0.1, 0.15) is 24.5 Å². The van der Waals surface area contributed by atoms with E-state index in [0.29, 0.717) is 0 Å². The first-order valence-corrected chi connectivity index (χ1v) is 8.18. The Morgan fingerprint density at radius 2 is 1.68 bits per heavy atom. The smallest absolute Gasteiger partial charge is 0.387 e. The van der Waals surface area contributed by atoms with Crippen LogP contribution < -0.4 is 0 Å². The third-order valence-corrected chi connectivity index (χ3v) is 3.71. The van der Waals surface area contributed by atoms with Crippen molar-refractivity contribution in [1.29, 1.82) is 0 Å². The SMILES string of the molecule is O=P(O)(O)C[C@]1(O)O[C@H](COP(=O)(O)O)[C@@H](O)[C@@H]1O. The van der Waals surface area contributed by atoms with Gasteiger partial charge in [0.05, 0.1) is 6.61 Å². The fourth-order valence-electron chi connectivity index (χ4n) is 1.60. The maximum Gasteiger partial charge on any atom is 0.469 e. The Kier molecular flexibility index (Phi) is 4.94. The van der Waals surface area contributed by atoms with Crippen molar-refractivity contribution in [2.24, 2.45) is 0 Å². The Bertz CT molecular complexity index is 413. The summed E-state index contributed by atoms with van der Waals surface area (Å²) in [6, 6.07) is 0. The third kappa shape index (κ3) is 4.85. The zero-order chi connectivity index (χ0) is 15.1. The summed E-state index contributed by atoms with van der Waals surface area (Å²) in [5, 5.41) is 28.6. The van der Waals surface area contributed by atoms with E-state index in [0.717, 1.165) is 0 Å². The van der Waals surface area contributed by atoms with E-state index in [4.69, 9.17) is 19.6 Å². The van der Waals surface area contributed by atoms with Crippen LogP contribution in [0.5, 0.6) is 0 Å². The highest BCUT2D eigenvalue weighted by Crippen LogP contribution is 2.44. The molecule has 0 aliphatic carbocycles. The summed E-state index contributed by atoms with van der Waals surface area (Å²) in [5.41, 5.74) is 0. The highest BCUT2D eigenvalue weighted by molar-refractivity contribution is 7.51.